The SMILES string of the molecule is O=C(Nc1cccc(I)c1)C1CCCN1. The highest BCUT2D eigenvalue weighted by Gasteiger charge is 2.21. The highest BCUT2D eigenvalue weighted by Crippen LogP contribution is 2.14. The Kier molecular flexibility index (Phi) is 3.58. The van der Waals surface area contributed by atoms with Gasteiger partial charge in [-0.05, 0) is 60.2 Å². The molecule has 2 N–H and O–H groups in total. The fraction of sp³-hybridized carbons (Fsp3) is 0.364. The van der Waals surface area contributed by atoms with Gasteiger partial charge < -0.3 is 10.6 Å². The molecule has 80 valence electrons. The molecule has 3 nitrogen and oxygen atoms in total. The molecule has 1 fully saturated rings. The van der Waals surface area contributed by atoms with E-state index < -0.39 is 0 Å². The second-order valence-electron chi connectivity index (χ2n) is 3.65. The third-order valence-electron chi connectivity index (χ3n) is 2.47. The van der Waals surface area contributed by atoms with Crippen molar-refractivity contribution in [1.29, 1.82) is 0 Å². The zero-order valence-corrected chi connectivity index (χ0v) is 10.5. The number of amides is 1. The topological polar surface area (TPSA) is 41.1 Å². The van der Waals surface area contributed by atoms with Crippen LogP contribution < -0.4 is 10.6 Å². The first-order valence-electron chi connectivity index (χ1n) is 5.05. The van der Waals surface area contributed by atoms with Crippen LogP contribution in [0.3, 0.4) is 0 Å². The molecular weight excluding hydrogens is 303 g/mol. The zero-order chi connectivity index (χ0) is 10.7. The standard InChI is InChI=1S/C11H13IN2O/c12-8-3-1-4-9(7-8)14-11(15)10-5-2-6-13-10/h1,3-4,7,10,13H,2,5-6H2,(H,14,15). The van der Waals surface area contributed by atoms with Gasteiger partial charge in [0, 0.05) is 9.26 Å². The Morgan fingerprint density at radius 1 is 1.53 bits per heavy atom. The third kappa shape index (κ3) is 2.92. The van der Waals surface area contributed by atoms with Crippen molar-refractivity contribution < 1.29 is 4.79 Å². The number of rotatable bonds is 2. The van der Waals surface area contributed by atoms with Crippen molar-refractivity contribution in [2.75, 3.05) is 11.9 Å². The summed E-state index contributed by atoms with van der Waals surface area (Å²) in [6.45, 7) is 0.949. The normalized spacial score (nSPS) is 20.2. The molecule has 1 saturated heterocycles. The van der Waals surface area contributed by atoms with Crippen LogP contribution in [0.5, 0.6) is 0 Å². The third-order valence-corrected chi connectivity index (χ3v) is 3.14. The first-order valence-corrected chi connectivity index (χ1v) is 6.13. The minimum atomic E-state index is -0.0112. The lowest BCUT2D eigenvalue weighted by molar-refractivity contribution is -0.117. The van der Waals surface area contributed by atoms with Gasteiger partial charge in [0.25, 0.3) is 0 Å². The summed E-state index contributed by atoms with van der Waals surface area (Å²) in [5, 5.41) is 6.10. The maximum absolute atomic E-state index is 11.7. The van der Waals surface area contributed by atoms with Gasteiger partial charge in [0.15, 0.2) is 0 Å². The van der Waals surface area contributed by atoms with Gasteiger partial charge in [-0.25, -0.2) is 0 Å². The molecule has 1 aromatic rings. The van der Waals surface area contributed by atoms with Crippen molar-refractivity contribution in [3.8, 4) is 0 Å². The molecule has 0 aromatic heterocycles. The summed E-state index contributed by atoms with van der Waals surface area (Å²) < 4.78 is 1.13. The molecule has 15 heavy (non-hydrogen) atoms. The van der Waals surface area contributed by atoms with E-state index in [-0.39, 0.29) is 11.9 Å². The summed E-state index contributed by atoms with van der Waals surface area (Å²) in [6, 6.07) is 7.81. The van der Waals surface area contributed by atoms with Crippen molar-refractivity contribution in [3.63, 3.8) is 0 Å². The van der Waals surface area contributed by atoms with E-state index in [0.29, 0.717) is 0 Å². The number of hydrogen-bond acceptors (Lipinski definition) is 2. The summed E-state index contributed by atoms with van der Waals surface area (Å²) in [7, 11) is 0. The predicted molar refractivity (Wildman–Crippen MR) is 68.8 cm³/mol. The maximum atomic E-state index is 11.7. The van der Waals surface area contributed by atoms with Crippen LogP contribution in [-0.4, -0.2) is 18.5 Å². The highest BCUT2D eigenvalue weighted by atomic mass is 127. The maximum Gasteiger partial charge on any atom is 0.241 e. The second-order valence-corrected chi connectivity index (χ2v) is 4.89. The van der Waals surface area contributed by atoms with E-state index in [4.69, 9.17) is 0 Å². The molecule has 0 saturated carbocycles. The number of carbonyl (C=O) groups excluding carboxylic acids is 1. The molecule has 0 spiro atoms. The average molecular weight is 316 g/mol. The molecule has 1 aliphatic heterocycles. The lowest BCUT2D eigenvalue weighted by Crippen LogP contribution is -2.35. The van der Waals surface area contributed by atoms with Gasteiger partial charge in [0.1, 0.15) is 0 Å². The number of nitrogens with one attached hydrogen (secondary N) is 2. The molecule has 0 aliphatic carbocycles. The summed E-state index contributed by atoms with van der Waals surface area (Å²) in [5.74, 6) is 0.0782. The number of halogens is 1. The van der Waals surface area contributed by atoms with Gasteiger partial charge in [-0.1, -0.05) is 6.07 Å². The van der Waals surface area contributed by atoms with Gasteiger partial charge in [-0.15, -0.1) is 0 Å². The van der Waals surface area contributed by atoms with E-state index in [0.717, 1.165) is 28.6 Å². The molecule has 1 aliphatic rings. The van der Waals surface area contributed by atoms with Crippen LogP contribution in [0.2, 0.25) is 0 Å². The van der Waals surface area contributed by atoms with Crippen LogP contribution in [0.4, 0.5) is 5.69 Å². The average Bonchev–Trinajstić information content (AvgIpc) is 2.70. The second kappa shape index (κ2) is 4.94. The van der Waals surface area contributed by atoms with Gasteiger partial charge in [0.05, 0.1) is 6.04 Å². The van der Waals surface area contributed by atoms with Gasteiger partial charge >= 0.3 is 0 Å². The Labute approximate surface area is 103 Å². The molecule has 1 atom stereocenters. The van der Waals surface area contributed by atoms with Crippen molar-refractivity contribution in [2.24, 2.45) is 0 Å². The first-order chi connectivity index (χ1) is 7.25. The Morgan fingerprint density at radius 2 is 2.40 bits per heavy atom. The quantitative estimate of drug-likeness (QED) is 0.819. The number of carbonyl (C=O) groups is 1. The summed E-state index contributed by atoms with van der Waals surface area (Å²) >= 11 is 2.23. The summed E-state index contributed by atoms with van der Waals surface area (Å²) in [4.78, 5) is 11.7. The molecule has 1 heterocycles. The summed E-state index contributed by atoms with van der Waals surface area (Å²) in [5.41, 5.74) is 0.876. The number of anilines is 1. The van der Waals surface area contributed by atoms with Crippen LogP contribution in [0.1, 0.15) is 12.8 Å². The van der Waals surface area contributed by atoms with Gasteiger partial charge in [-0.2, -0.15) is 0 Å². The highest BCUT2D eigenvalue weighted by molar-refractivity contribution is 14.1. The minimum Gasteiger partial charge on any atom is -0.325 e. The van der Waals surface area contributed by atoms with Crippen LogP contribution in [0, 0.1) is 3.57 Å². The van der Waals surface area contributed by atoms with E-state index in [1.165, 1.54) is 0 Å². The fourth-order valence-electron chi connectivity index (χ4n) is 1.70. The zero-order valence-electron chi connectivity index (χ0n) is 8.29. The molecule has 1 amide bonds. The van der Waals surface area contributed by atoms with E-state index in [2.05, 4.69) is 33.2 Å². The molecule has 0 radical (unpaired) electrons. The van der Waals surface area contributed by atoms with Crippen molar-refractivity contribution in [3.05, 3.63) is 27.8 Å². The molecular formula is C11H13IN2O. The van der Waals surface area contributed by atoms with Crippen LogP contribution in [-0.2, 0) is 4.79 Å². The predicted octanol–water partition coefficient (Wildman–Crippen LogP) is 1.98. The van der Waals surface area contributed by atoms with E-state index >= 15 is 0 Å². The van der Waals surface area contributed by atoms with Gasteiger partial charge in [0.2, 0.25) is 5.91 Å². The summed E-state index contributed by atoms with van der Waals surface area (Å²) in [6.07, 6.45) is 2.03. The van der Waals surface area contributed by atoms with E-state index in [1.54, 1.807) is 0 Å². The lowest BCUT2D eigenvalue weighted by Gasteiger charge is -2.10. The number of hydrogen-bond donors (Lipinski definition) is 2. The molecule has 4 heteroatoms. The van der Waals surface area contributed by atoms with E-state index in [1.807, 2.05) is 24.3 Å². The first kappa shape index (κ1) is 10.9. The fourth-order valence-corrected chi connectivity index (χ4v) is 2.25. The molecule has 2 rings (SSSR count). The minimum absolute atomic E-state index is 0.0112. The Balaban J connectivity index is 1.99. The van der Waals surface area contributed by atoms with Gasteiger partial charge in [-0.3, -0.25) is 4.79 Å². The van der Waals surface area contributed by atoms with Crippen molar-refractivity contribution in [1.82, 2.24) is 5.32 Å². The largest absolute Gasteiger partial charge is 0.325 e. The monoisotopic (exact) mass is 316 g/mol. The molecule has 1 aromatic carbocycles. The Morgan fingerprint density at radius 3 is 3.07 bits per heavy atom. The van der Waals surface area contributed by atoms with Crippen LogP contribution in [0.25, 0.3) is 0 Å². The van der Waals surface area contributed by atoms with Crippen molar-refractivity contribution >= 4 is 34.2 Å². The van der Waals surface area contributed by atoms with Crippen LogP contribution in [0.15, 0.2) is 24.3 Å². The number of benzene rings is 1. The lowest BCUT2D eigenvalue weighted by atomic mass is 10.2. The Bertz CT molecular complexity index is 361. The van der Waals surface area contributed by atoms with E-state index in [9.17, 15) is 4.79 Å². The molecule has 0 bridgehead atoms. The van der Waals surface area contributed by atoms with Crippen molar-refractivity contribution in [2.45, 2.75) is 18.9 Å². The molecule has 1 unspecified atom stereocenters. The Hall–Kier alpha value is -0.620. The van der Waals surface area contributed by atoms with Crippen LogP contribution >= 0.6 is 22.6 Å². The smallest absolute Gasteiger partial charge is 0.241 e.